The van der Waals surface area contributed by atoms with Crippen molar-refractivity contribution in [1.29, 1.82) is 0 Å². The number of nitrogens with zero attached hydrogens (tertiary/aromatic N) is 5. The number of piperidine rings is 1. The van der Waals surface area contributed by atoms with Crippen molar-refractivity contribution in [3.63, 3.8) is 0 Å². The van der Waals surface area contributed by atoms with E-state index in [1.807, 2.05) is 15.6 Å². The monoisotopic (exact) mass is 430 g/mol. The molecule has 0 aliphatic carbocycles. The van der Waals surface area contributed by atoms with Gasteiger partial charge in [0.05, 0.1) is 11.9 Å². The summed E-state index contributed by atoms with van der Waals surface area (Å²) in [5, 5.41) is 14.7. The number of hydrogen-bond acceptors (Lipinski definition) is 8. The number of rotatable bonds is 6. The number of nitrogens with one attached hydrogen (secondary N) is 3. The van der Waals surface area contributed by atoms with E-state index >= 15 is 0 Å². The lowest BCUT2D eigenvalue weighted by Crippen LogP contribution is -2.44. The first-order valence-electron chi connectivity index (χ1n) is 11.4. The Balaban J connectivity index is 1.44. The molecule has 10 nitrogen and oxygen atoms in total. The number of hydrogen-bond donors (Lipinski definition) is 3. The van der Waals surface area contributed by atoms with Gasteiger partial charge in [-0.1, -0.05) is 13.8 Å². The average Bonchev–Trinajstić information content (AvgIpc) is 3.38. The molecule has 0 radical (unpaired) electrons. The summed E-state index contributed by atoms with van der Waals surface area (Å²) in [6.07, 6.45) is 4.23. The van der Waals surface area contributed by atoms with Crippen molar-refractivity contribution in [3.8, 4) is 0 Å². The van der Waals surface area contributed by atoms with Crippen molar-refractivity contribution in [2.24, 2.45) is 0 Å². The standard InChI is InChI=1S/C21H34N8O2/c1-13(2)17-12-23-19-18(26-20(24-14(3)4)27-29(17)19)25-15-6-9-28(10-7-15)21(30)31-16-5-8-22-11-16/h12-16,22H,5-11H2,1-4H3,(H2,24,25,26,27)/t16-/m0/s1. The highest BCUT2D eigenvalue weighted by molar-refractivity contribution is 5.68. The van der Waals surface area contributed by atoms with Crippen LogP contribution in [-0.4, -0.2) is 74.9 Å². The molecule has 4 heterocycles. The Morgan fingerprint density at radius 1 is 1.23 bits per heavy atom. The Bertz CT molecular complexity index is 898. The normalized spacial score (nSPS) is 20.1. The van der Waals surface area contributed by atoms with Gasteiger partial charge in [0.2, 0.25) is 5.95 Å². The van der Waals surface area contributed by atoms with Crippen LogP contribution in [0.4, 0.5) is 16.6 Å². The Labute approximate surface area is 183 Å². The van der Waals surface area contributed by atoms with Crippen LogP contribution >= 0.6 is 0 Å². The lowest BCUT2D eigenvalue weighted by molar-refractivity contribution is 0.0641. The van der Waals surface area contributed by atoms with Crippen LogP contribution in [0, 0.1) is 0 Å². The van der Waals surface area contributed by atoms with Gasteiger partial charge in [0.25, 0.3) is 0 Å². The maximum atomic E-state index is 12.4. The highest BCUT2D eigenvalue weighted by Crippen LogP contribution is 2.24. The maximum absolute atomic E-state index is 12.4. The lowest BCUT2D eigenvalue weighted by Gasteiger charge is -2.32. The third-order valence-corrected chi connectivity index (χ3v) is 5.77. The first kappa shape index (κ1) is 21.6. The quantitative estimate of drug-likeness (QED) is 0.641. The lowest BCUT2D eigenvalue weighted by atomic mass is 10.1. The smallest absolute Gasteiger partial charge is 0.410 e. The van der Waals surface area contributed by atoms with Gasteiger partial charge < -0.3 is 25.6 Å². The van der Waals surface area contributed by atoms with Crippen LogP contribution in [0.5, 0.6) is 0 Å². The van der Waals surface area contributed by atoms with Crippen LogP contribution in [0.15, 0.2) is 6.20 Å². The van der Waals surface area contributed by atoms with Gasteiger partial charge in [0.15, 0.2) is 11.5 Å². The van der Waals surface area contributed by atoms with Crippen molar-refractivity contribution in [1.82, 2.24) is 29.8 Å². The van der Waals surface area contributed by atoms with Crippen molar-refractivity contribution >= 4 is 23.5 Å². The average molecular weight is 431 g/mol. The summed E-state index contributed by atoms with van der Waals surface area (Å²) in [6, 6.07) is 0.433. The molecule has 1 amide bonds. The molecule has 0 unspecified atom stereocenters. The Morgan fingerprint density at radius 3 is 2.65 bits per heavy atom. The molecule has 10 heteroatoms. The summed E-state index contributed by atoms with van der Waals surface area (Å²) < 4.78 is 7.48. The Hall–Kier alpha value is -2.62. The summed E-state index contributed by atoms with van der Waals surface area (Å²) in [5.41, 5.74) is 1.78. The second-order valence-corrected chi connectivity index (χ2v) is 9.06. The van der Waals surface area contributed by atoms with E-state index in [0.29, 0.717) is 25.0 Å². The molecule has 0 saturated carbocycles. The molecule has 1 atom stereocenters. The van der Waals surface area contributed by atoms with Crippen LogP contribution < -0.4 is 16.0 Å². The first-order chi connectivity index (χ1) is 14.9. The maximum Gasteiger partial charge on any atom is 0.410 e. The largest absolute Gasteiger partial charge is 0.445 e. The zero-order valence-corrected chi connectivity index (χ0v) is 18.9. The van der Waals surface area contributed by atoms with Crippen LogP contribution in [0.2, 0.25) is 0 Å². The predicted octanol–water partition coefficient (Wildman–Crippen LogP) is 2.44. The highest BCUT2D eigenvalue weighted by atomic mass is 16.6. The number of aromatic nitrogens is 4. The molecular formula is C21H34N8O2. The van der Waals surface area contributed by atoms with E-state index in [-0.39, 0.29) is 24.3 Å². The molecular weight excluding hydrogens is 396 g/mol. The molecule has 0 aromatic carbocycles. The number of carbonyl (C=O) groups excluding carboxylic acids is 1. The second kappa shape index (κ2) is 9.25. The van der Waals surface area contributed by atoms with Crippen molar-refractivity contribution in [2.45, 2.75) is 71.1 Å². The summed E-state index contributed by atoms with van der Waals surface area (Å²) in [6.45, 7) is 11.4. The van der Waals surface area contributed by atoms with Crippen LogP contribution in [-0.2, 0) is 4.74 Å². The first-order valence-corrected chi connectivity index (χ1v) is 11.4. The highest BCUT2D eigenvalue weighted by Gasteiger charge is 2.28. The third-order valence-electron chi connectivity index (χ3n) is 5.77. The number of fused-ring (bicyclic) bond motifs is 1. The van der Waals surface area contributed by atoms with Gasteiger partial charge in [-0.3, -0.25) is 0 Å². The van der Waals surface area contributed by atoms with Gasteiger partial charge in [0.1, 0.15) is 6.10 Å². The molecule has 2 aliphatic heterocycles. The van der Waals surface area contributed by atoms with Crippen LogP contribution in [0.1, 0.15) is 58.6 Å². The molecule has 2 fully saturated rings. The molecule has 2 saturated heterocycles. The molecule has 2 aromatic rings. The predicted molar refractivity (Wildman–Crippen MR) is 120 cm³/mol. The van der Waals surface area contributed by atoms with E-state index in [0.717, 1.165) is 49.5 Å². The second-order valence-electron chi connectivity index (χ2n) is 9.06. The molecule has 31 heavy (non-hydrogen) atoms. The van der Waals surface area contributed by atoms with E-state index in [9.17, 15) is 4.79 Å². The van der Waals surface area contributed by atoms with Gasteiger partial charge in [0, 0.05) is 31.7 Å². The topological polar surface area (TPSA) is 109 Å². The molecule has 3 N–H and O–H groups in total. The number of likely N-dealkylation sites (tertiary alicyclic amines) is 1. The van der Waals surface area contributed by atoms with Crippen molar-refractivity contribution in [2.75, 3.05) is 36.8 Å². The number of anilines is 2. The van der Waals surface area contributed by atoms with Gasteiger partial charge in [-0.25, -0.2) is 14.3 Å². The molecule has 4 rings (SSSR count). The number of ether oxygens (including phenoxy) is 1. The summed E-state index contributed by atoms with van der Waals surface area (Å²) >= 11 is 0. The van der Waals surface area contributed by atoms with E-state index in [1.54, 1.807) is 0 Å². The van der Waals surface area contributed by atoms with Gasteiger partial charge in [-0.05, 0) is 45.6 Å². The van der Waals surface area contributed by atoms with Gasteiger partial charge in [-0.2, -0.15) is 4.98 Å². The molecule has 0 spiro atoms. The SMILES string of the molecule is CC(C)Nc1nc(NC2CCN(C(=O)O[C@H]3CCNC3)CC2)c2ncc(C(C)C)n2n1. The van der Waals surface area contributed by atoms with E-state index in [2.05, 4.69) is 53.7 Å². The molecule has 2 aliphatic rings. The Kier molecular flexibility index (Phi) is 6.45. The van der Waals surface area contributed by atoms with E-state index < -0.39 is 0 Å². The fourth-order valence-electron chi connectivity index (χ4n) is 4.05. The van der Waals surface area contributed by atoms with E-state index in [1.165, 1.54) is 0 Å². The molecule has 170 valence electrons. The summed E-state index contributed by atoms with van der Waals surface area (Å²) in [4.78, 5) is 23.5. The number of imidazole rings is 1. The summed E-state index contributed by atoms with van der Waals surface area (Å²) in [5.74, 6) is 1.60. The molecule has 2 aromatic heterocycles. The number of amides is 1. The molecule has 0 bridgehead atoms. The van der Waals surface area contributed by atoms with Gasteiger partial charge >= 0.3 is 6.09 Å². The van der Waals surface area contributed by atoms with Crippen LogP contribution in [0.3, 0.4) is 0 Å². The Morgan fingerprint density at radius 2 is 2.00 bits per heavy atom. The van der Waals surface area contributed by atoms with Gasteiger partial charge in [-0.15, -0.1) is 5.10 Å². The van der Waals surface area contributed by atoms with E-state index in [4.69, 9.17) is 9.72 Å². The minimum absolute atomic E-state index is 0.000113. The summed E-state index contributed by atoms with van der Waals surface area (Å²) in [7, 11) is 0. The third kappa shape index (κ3) is 5.00. The number of carbonyl (C=O) groups is 1. The minimum Gasteiger partial charge on any atom is -0.445 e. The van der Waals surface area contributed by atoms with Crippen LogP contribution in [0.25, 0.3) is 5.65 Å². The van der Waals surface area contributed by atoms with Crippen molar-refractivity contribution < 1.29 is 9.53 Å². The minimum atomic E-state index is -0.199. The van der Waals surface area contributed by atoms with Crippen molar-refractivity contribution in [3.05, 3.63) is 11.9 Å². The fraction of sp³-hybridized carbons (Fsp3) is 0.714. The zero-order valence-electron chi connectivity index (χ0n) is 18.9. The fourth-order valence-corrected chi connectivity index (χ4v) is 4.05. The zero-order chi connectivity index (χ0) is 22.0.